The van der Waals surface area contributed by atoms with E-state index in [2.05, 4.69) is 34.6 Å². The summed E-state index contributed by atoms with van der Waals surface area (Å²) in [5, 5.41) is 12.3. The highest BCUT2D eigenvalue weighted by atomic mass is 35.5. The summed E-state index contributed by atoms with van der Waals surface area (Å²) in [5.74, 6) is 3.88. The van der Waals surface area contributed by atoms with Gasteiger partial charge in [-0.2, -0.15) is 0 Å². The average molecular weight is 487 g/mol. The Bertz CT molecular complexity index is 716. The van der Waals surface area contributed by atoms with Crippen LogP contribution in [0, 0.1) is 56.5 Å². The molecule has 4 aliphatic rings. The van der Waals surface area contributed by atoms with Gasteiger partial charge in [-0.15, -0.1) is 23.2 Å². The molecule has 0 heterocycles. The minimum atomic E-state index is -0.793. The Morgan fingerprint density at radius 3 is 2.41 bits per heavy atom. The van der Waals surface area contributed by atoms with Crippen molar-refractivity contribution in [3.05, 3.63) is 10.1 Å². The fraction of sp³-hybridized carbons (Fsp3) is 1.00. The third-order valence-electron chi connectivity index (χ3n) is 11.2. The molecule has 0 spiro atoms. The van der Waals surface area contributed by atoms with Gasteiger partial charge in [-0.05, 0) is 91.3 Å². The smallest absolute Gasteiger partial charge is 0.232 e. The van der Waals surface area contributed by atoms with Crippen LogP contribution in [0.2, 0.25) is 0 Å². The molecule has 0 saturated heterocycles. The van der Waals surface area contributed by atoms with E-state index in [4.69, 9.17) is 23.2 Å². The van der Waals surface area contributed by atoms with Crippen molar-refractivity contribution >= 4 is 23.2 Å². The first kappa shape index (κ1) is 25.1. The molecule has 0 aliphatic heterocycles. The Balaban J connectivity index is 1.59. The van der Waals surface area contributed by atoms with E-state index in [0.29, 0.717) is 36.0 Å². The van der Waals surface area contributed by atoms with E-state index in [1.165, 1.54) is 44.9 Å². The van der Waals surface area contributed by atoms with E-state index in [1.807, 2.05) is 0 Å². The van der Waals surface area contributed by atoms with Crippen molar-refractivity contribution in [2.24, 2.45) is 46.3 Å². The van der Waals surface area contributed by atoms with Crippen LogP contribution in [-0.4, -0.2) is 21.2 Å². The van der Waals surface area contributed by atoms with Crippen LogP contribution in [0.5, 0.6) is 0 Å². The minimum absolute atomic E-state index is 0.0315. The fourth-order valence-electron chi connectivity index (χ4n) is 9.46. The molecule has 4 saturated carbocycles. The molecule has 0 radical (unpaired) electrons. The summed E-state index contributed by atoms with van der Waals surface area (Å²) in [6.07, 6.45) is 12.1. The molecule has 4 rings (SSSR count). The van der Waals surface area contributed by atoms with Gasteiger partial charge in [0.05, 0.1) is 0 Å². The molecule has 4 fully saturated rings. The van der Waals surface area contributed by atoms with Crippen LogP contribution in [-0.2, 0) is 0 Å². The summed E-state index contributed by atoms with van der Waals surface area (Å²) >= 11 is 13.9. The van der Waals surface area contributed by atoms with Crippen molar-refractivity contribution in [1.29, 1.82) is 0 Å². The van der Waals surface area contributed by atoms with Gasteiger partial charge in [0.15, 0.2) is 0 Å². The van der Waals surface area contributed by atoms with Gasteiger partial charge >= 0.3 is 0 Å². The lowest BCUT2D eigenvalue weighted by Gasteiger charge is -2.64. The van der Waals surface area contributed by atoms with E-state index in [1.54, 1.807) is 0 Å². The van der Waals surface area contributed by atoms with Crippen molar-refractivity contribution < 1.29 is 4.92 Å². The number of hydrogen-bond donors (Lipinski definition) is 0. The largest absolute Gasteiger partial charge is 0.264 e. The Hall–Kier alpha value is -0.0200. The van der Waals surface area contributed by atoms with Crippen LogP contribution in [0.3, 0.4) is 0 Å². The van der Waals surface area contributed by atoms with Gasteiger partial charge in [-0.1, -0.05) is 53.9 Å². The number of nitrogens with zero attached hydrogens (tertiary/aromatic N) is 1. The summed E-state index contributed by atoms with van der Waals surface area (Å²) < 4.78 is 0. The third-order valence-corrected chi connectivity index (χ3v) is 12.4. The number of halogens is 2. The zero-order valence-electron chi connectivity index (χ0n) is 20.9. The lowest BCUT2D eigenvalue weighted by Crippen LogP contribution is -2.67. The van der Waals surface area contributed by atoms with E-state index in [-0.39, 0.29) is 15.7 Å². The second-order valence-electron chi connectivity index (χ2n) is 13.1. The Labute approximate surface area is 205 Å². The summed E-state index contributed by atoms with van der Waals surface area (Å²) in [7, 11) is 0. The molecule has 0 aromatic carbocycles. The maximum absolute atomic E-state index is 12.3. The van der Waals surface area contributed by atoms with Gasteiger partial charge in [0.25, 0.3) is 0 Å². The van der Waals surface area contributed by atoms with Gasteiger partial charge in [-0.3, -0.25) is 10.1 Å². The first-order chi connectivity index (χ1) is 14.9. The Morgan fingerprint density at radius 1 is 1.03 bits per heavy atom. The topological polar surface area (TPSA) is 43.1 Å². The fourth-order valence-corrected chi connectivity index (χ4v) is 10.5. The third kappa shape index (κ3) is 3.84. The first-order valence-corrected chi connectivity index (χ1v) is 14.2. The van der Waals surface area contributed by atoms with Gasteiger partial charge in [0, 0.05) is 16.7 Å². The van der Waals surface area contributed by atoms with Gasteiger partial charge < -0.3 is 0 Å². The standard InChI is InChI=1S/C27H45Cl2NO2/c1-17(2)7-6-8-18(3)21-9-10-22-20-15-24(30(31)32)27(29)16-19(28)11-14-26(27,5)23(20)12-13-25(21,22)4/h17-24H,6-16H2,1-5H3. The number of alkyl halides is 2. The number of rotatable bonds is 6. The maximum atomic E-state index is 12.3. The highest BCUT2D eigenvalue weighted by Gasteiger charge is 2.70. The minimum Gasteiger partial charge on any atom is -0.264 e. The molecule has 0 aromatic heterocycles. The summed E-state index contributed by atoms with van der Waals surface area (Å²) in [6.45, 7) is 12.0. The zero-order chi connectivity index (χ0) is 23.5. The SMILES string of the molecule is CC(C)CCCC(C)C1CCC2C3CC([N+](=O)[O-])C4(Cl)CC(Cl)CCC4(C)C3CCC12C. The van der Waals surface area contributed by atoms with Gasteiger partial charge in [0.2, 0.25) is 6.04 Å². The summed E-state index contributed by atoms with van der Waals surface area (Å²) in [6, 6.07) is -0.665. The van der Waals surface area contributed by atoms with Crippen LogP contribution in [0.15, 0.2) is 0 Å². The average Bonchev–Trinajstić information content (AvgIpc) is 3.05. The molecule has 32 heavy (non-hydrogen) atoms. The van der Waals surface area contributed by atoms with Crippen LogP contribution in [0.25, 0.3) is 0 Å². The van der Waals surface area contributed by atoms with Crippen molar-refractivity contribution in [3.63, 3.8) is 0 Å². The van der Waals surface area contributed by atoms with Crippen LogP contribution < -0.4 is 0 Å². The molecule has 10 unspecified atom stereocenters. The van der Waals surface area contributed by atoms with Crippen molar-refractivity contribution in [1.82, 2.24) is 0 Å². The van der Waals surface area contributed by atoms with E-state index in [0.717, 1.165) is 30.6 Å². The molecular weight excluding hydrogens is 441 g/mol. The van der Waals surface area contributed by atoms with Crippen molar-refractivity contribution in [2.45, 2.75) is 122 Å². The maximum Gasteiger partial charge on any atom is 0.232 e. The molecule has 10 atom stereocenters. The normalized spacial score (nSPS) is 49.2. The van der Waals surface area contributed by atoms with E-state index in [9.17, 15) is 10.1 Å². The van der Waals surface area contributed by atoms with E-state index < -0.39 is 10.9 Å². The quantitative estimate of drug-likeness (QED) is 0.215. The monoisotopic (exact) mass is 485 g/mol. The second kappa shape index (κ2) is 8.89. The molecular formula is C27H45Cl2NO2. The number of fused-ring (bicyclic) bond motifs is 5. The predicted octanol–water partition coefficient (Wildman–Crippen LogP) is 8.33. The van der Waals surface area contributed by atoms with Crippen LogP contribution >= 0.6 is 23.2 Å². The molecule has 3 nitrogen and oxygen atoms in total. The highest BCUT2D eigenvalue weighted by Crippen LogP contribution is 2.70. The molecule has 0 aromatic rings. The van der Waals surface area contributed by atoms with Crippen molar-refractivity contribution in [2.75, 3.05) is 0 Å². The van der Waals surface area contributed by atoms with Crippen molar-refractivity contribution in [3.8, 4) is 0 Å². The molecule has 0 N–H and O–H groups in total. The highest BCUT2D eigenvalue weighted by molar-refractivity contribution is 6.27. The molecule has 0 amide bonds. The molecule has 5 heteroatoms. The first-order valence-electron chi connectivity index (χ1n) is 13.4. The lowest BCUT2D eigenvalue weighted by molar-refractivity contribution is -0.542. The summed E-state index contributed by atoms with van der Waals surface area (Å²) in [4.78, 5) is 11.5. The lowest BCUT2D eigenvalue weighted by atomic mass is 9.43. The summed E-state index contributed by atoms with van der Waals surface area (Å²) in [5.41, 5.74) is 0.162. The Kier molecular flexibility index (Phi) is 6.97. The van der Waals surface area contributed by atoms with Crippen LogP contribution in [0.4, 0.5) is 0 Å². The van der Waals surface area contributed by atoms with Crippen LogP contribution in [0.1, 0.15) is 105 Å². The van der Waals surface area contributed by atoms with Gasteiger partial charge in [-0.25, -0.2) is 0 Å². The molecule has 4 aliphatic carbocycles. The van der Waals surface area contributed by atoms with Gasteiger partial charge in [0.1, 0.15) is 4.87 Å². The predicted molar refractivity (Wildman–Crippen MR) is 134 cm³/mol. The zero-order valence-corrected chi connectivity index (χ0v) is 22.4. The molecule has 184 valence electrons. The Morgan fingerprint density at radius 2 is 1.75 bits per heavy atom. The number of nitro groups is 1. The second-order valence-corrected chi connectivity index (χ2v) is 14.4. The number of hydrogen-bond acceptors (Lipinski definition) is 2. The molecule has 0 bridgehead atoms. The van der Waals surface area contributed by atoms with E-state index >= 15 is 0 Å².